The molecule has 1 aromatic heterocycles. The molecule has 0 saturated heterocycles. The van der Waals surface area contributed by atoms with Crippen LogP contribution in [0.25, 0.3) is 22.0 Å². The predicted molar refractivity (Wildman–Crippen MR) is 85.8 cm³/mol. The van der Waals surface area contributed by atoms with Gasteiger partial charge in [0.2, 0.25) is 0 Å². The first kappa shape index (κ1) is 14.3. The van der Waals surface area contributed by atoms with Gasteiger partial charge in [0.05, 0.1) is 15.4 Å². The third kappa shape index (κ3) is 2.27. The van der Waals surface area contributed by atoms with Crippen LogP contribution in [-0.2, 0) is 0 Å². The van der Waals surface area contributed by atoms with Crippen LogP contribution in [0, 0.1) is 0 Å². The predicted octanol–water partition coefficient (Wildman–Crippen LogP) is 5.31. The Morgan fingerprint density at radius 2 is 1.86 bits per heavy atom. The van der Waals surface area contributed by atoms with Crippen LogP contribution in [0.15, 0.2) is 30.5 Å². The van der Waals surface area contributed by atoms with Crippen molar-refractivity contribution in [3.05, 3.63) is 51.1 Å². The van der Waals surface area contributed by atoms with E-state index >= 15 is 0 Å². The first-order valence-electron chi connectivity index (χ1n) is 5.96. The third-order valence-corrected chi connectivity index (χ3v) is 4.28. The Kier molecular flexibility index (Phi) is 3.57. The number of carbonyl (C=O) groups excluding carboxylic acids is 1. The molecule has 106 valence electrons. The lowest BCUT2D eigenvalue weighted by atomic mass is 10.0. The largest absolute Gasteiger partial charge is 0.507 e. The zero-order chi connectivity index (χ0) is 15.1. The third-order valence-electron chi connectivity index (χ3n) is 3.26. The summed E-state index contributed by atoms with van der Waals surface area (Å²) < 4.78 is 0. The van der Waals surface area contributed by atoms with E-state index in [-0.39, 0.29) is 5.75 Å². The maximum atomic E-state index is 11.1. The highest BCUT2D eigenvalue weighted by Gasteiger charge is 2.17. The van der Waals surface area contributed by atoms with E-state index in [9.17, 15) is 9.90 Å². The van der Waals surface area contributed by atoms with Gasteiger partial charge in [-0.15, -0.1) is 0 Å². The number of H-pyrrole nitrogens is 1. The minimum atomic E-state index is -0.0453. The Labute approximate surface area is 135 Å². The molecule has 3 rings (SSSR count). The minimum Gasteiger partial charge on any atom is -0.507 e. The van der Waals surface area contributed by atoms with E-state index in [0.29, 0.717) is 48.9 Å². The molecule has 0 radical (unpaired) electrons. The number of rotatable bonds is 2. The molecule has 0 unspecified atom stereocenters. The number of aldehydes is 1. The minimum absolute atomic E-state index is 0.0453. The van der Waals surface area contributed by atoms with Gasteiger partial charge in [-0.05, 0) is 24.3 Å². The molecule has 0 atom stereocenters. The number of aromatic amines is 1. The summed E-state index contributed by atoms with van der Waals surface area (Å²) in [5.41, 5.74) is 1.99. The van der Waals surface area contributed by atoms with E-state index in [0.717, 1.165) is 0 Å². The van der Waals surface area contributed by atoms with Crippen LogP contribution in [0.3, 0.4) is 0 Å². The molecule has 0 aliphatic rings. The van der Waals surface area contributed by atoms with E-state index in [1.807, 2.05) is 0 Å². The van der Waals surface area contributed by atoms with Gasteiger partial charge in [-0.2, -0.15) is 0 Å². The molecule has 2 N–H and O–H groups in total. The number of aromatic hydroxyl groups is 1. The average Bonchev–Trinajstić information content (AvgIpc) is 2.87. The van der Waals surface area contributed by atoms with Crippen molar-refractivity contribution in [2.75, 3.05) is 0 Å². The average molecular weight is 341 g/mol. The standard InChI is InChI=1S/C15H8Cl3NO2/c16-8-3-10(14(18)11(17)4-8)9-1-2-12-13(15(9)21)7(6-20)5-19-12/h1-6,19,21H. The lowest BCUT2D eigenvalue weighted by molar-refractivity contribution is 0.112. The van der Waals surface area contributed by atoms with Gasteiger partial charge in [-0.25, -0.2) is 0 Å². The van der Waals surface area contributed by atoms with Crippen LogP contribution in [0.1, 0.15) is 10.4 Å². The number of hydrogen-bond donors (Lipinski definition) is 2. The van der Waals surface area contributed by atoms with Gasteiger partial charge in [0, 0.05) is 33.4 Å². The van der Waals surface area contributed by atoms with Gasteiger partial charge in [-0.1, -0.05) is 34.8 Å². The van der Waals surface area contributed by atoms with E-state index in [1.54, 1.807) is 18.2 Å². The van der Waals surface area contributed by atoms with Crippen LogP contribution >= 0.6 is 34.8 Å². The lowest BCUT2D eigenvalue weighted by Gasteiger charge is -2.10. The molecule has 1 heterocycles. The molecule has 3 aromatic rings. The Bertz CT molecular complexity index is 871. The van der Waals surface area contributed by atoms with Crippen molar-refractivity contribution in [1.82, 2.24) is 4.98 Å². The second-order valence-corrected chi connectivity index (χ2v) is 5.72. The van der Waals surface area contributed by atoms with Gasteiger partial charge in [-0.3, -0.25) is 4.79 Å². The summed E-state index contributed by atoms with van der Waals surface area (Å²) in [5, 5.41) is 11.9. The Morgan fingerprint density at radius 1 is 1.10 bits per heavy atom. The zero-order valence-corrected chi connectivity index (χ0v) is 12.7. The van der Waals surface area contributed by atoms with Crippen molar-refractivity contribution in [3.8, 4) is 16.9 Å². The second kappa shape index (κ2) is 5.26. The van der Waals surface area contributed by atoms with E-state index in [4.69, 9.17) is 34.8 Å². The smallest absolute Gasteiger partial charge is 0.152 e. The summed E-state index contributed by atoms with van der Waals surface area (Å²) in [6.45, 7) is 0. The highest BCUT2D eigenvalue weighted by molar-refractivity contribution is 6.45. The van der Waals surface area contributed by atoms with Crippen LogP contribution in [0.2, 0.25) is 15.1 Å². The molecule has 0 fully saturated rings. The number of benzene rings is 2. The fourth-order valence-corrected chi connectivity index (χ4v) is 3.00. The Morgan fingerprint density at radius 3 is 2.57 bits per heavy atom. The summed E-state index contributed by atoms with van der Waals surface area (Å²) in [6.07, 6.45) is 2.21. The van der Waals surface area contributed by atoms with Crippen LogP contribution in [-0.4, -0.2) is 16.4 Å². The summed E-state index contributed by atoms with van der Waals surface area (Å²) in [4.78, 5) is 14.0. The maximum absolute atomic E-state index is 11.1. The van der Waals surface area contributed by atoms with Gasteiger partial charge in [0.25, 0.3) is 0 Å². The SMILES string of the molecule is O=Cc1c[nH]c2ccc(-c3cc(Cl)cc(Cl)c3Cl)c(O)c12. The lowest BCUT2D eigenvalue weighted by Crippen LogP contribution is -1.85. The quantitative estimate of drug-likeness (QED) is 0.490. The fourth-order valence-electron chi connectivity index (χ4n) is 2.29. The van der Waals surface area contributed by atoms with E-state index < -0.39 is 0 Å². The molecule has 21 heavy (non-hydrogen) atoms. The number of phenols is 1. The zero-order valence-electron chi connectivity index (χ0n) is 10.5. The number of carbonyl (C=O) groups is 1. The van der Waals surface area contributed by atoms with Crippen LogP contribution < -0.4 is 0 Å². The molecular formula is C15H8Cl3NO2. The van der Waals surface area contributed by atoms with Crippen molar-refractivity contribution < 1.29 is 9.90 Å². The van der Waals surface area contributed by atoms with Crippen molar-refractivity contribution in [2.45, 2.75) is 0 Å². The highest BCUT2D eigenvalue weighted by atomic mass is 35.5. The molecule has 6 heteroatoms. The number of fused-ring (bicyclic) bond motifs is 1. The summed E-state index contributed by atoms with van der Waals surface area (Å²) in [6, 6.07) is 6.58. The van der Waals surface area contributed by atoms with E-state index in [2.05, 4.69) is 4.98 Å². The molecule has 2 aromatic carbocycles. The molecule has 0 saturated carbocycles. The summed E-state index contributed by atoms with van der Waals surface area (Å²) in [7, 11) is 0. The number of aromatic nitrogens is 1. The van der Waals surface area contributed by atoms with Crippen molar-refractivity contribution >= 4 is 52.0 Å². The van der Waals surface area contributed by atoms with Gasteiger partial charge in [0.1, 0.15) is 5.75 Å². The number of hydrogen-bond acceptors (Lipinski definition) is 2. The first-order chi connectivity index (χ1) is 10.0. The molecule has 0 amide bonds. The topological polar surface area (TPSA) is 53.1 Å². The molecule has 3 nitrogen and oxygen atoms in total. The number of nitrogens with one attached hydrogen (secondary N) is 1. The molecule has 0 aliphatic carbocycles. The van der Waals surface area contributed by atoms with Crippen LogP contribution in [0.5, 0.6) is 5.75 Å². The van der Waals surface area contributed by atoms with Gasteiger partial charge < -0.3 is 10.1 Å². The summed E-state index contributed by atoms with van der Waals surface area (Å²) >= 11 is 18.2. The first-order valence-corrected chi connectivity index (χ1v) is 7.09. The molecule has 0 spiro atoms. The Hall–Kier alpha value is -1.68. The summed E-state index contributed by atoms with van der Waals surface area (Å²) in [5.74, 6) is -0.0453. The fraction of sp³-hybridized carbons (Fsp3) is 0. The van der Waals surface area contributed by atoms with Gasteiger partial charge in [0.15, 0.2) is 6.29 Å². The van der Waals surface area contributed by atoms with Gasteiger partial charge >= 0.3 is 0 Å². The van der Waals surface area contributed by atoms with Crippen molar-refractivity contribution in [2.24, 2.45) is 0 Å². The second-order valence-electron chi connectivity index (χ2n) is 4.50. The van der Waals surface area contributed by atoms with Crippen molar-refractivity contribution in [3.63, 3.8) is 0 Å². The number of halogens is 3. The molecular weight excluding hydrogens is 333 g/mol. The Balaban J connectivity index is 2.36. The van der Waals surface area contributed by atoms with Crippen molar-refractivity contribution in [1.29, 1.82) is 0 Å². The van der Waals surface area contributed by atoms with Crippen LogP contribution in [0.4, 0.5) is 0 Å². The number of phenolic OH excluding ortho intramolecular Hbond substituents is 1. The maximum Gasteiger partial charge on any atom is 0.152 e. The monoisotopic (exact) mass is 339 g/mol. The molecule has 0 bridgehead atoms. The highest BCUT2D eigenvalue weighted by Crippen LogP contribution is 2.43. The molecule has 0 aliphatic heterocycles. The normalized spacial score (nSPS) is 11.0. The van der Waals surface area contributed by atoms with E-state index in [1.165, 1.54) is 12.3 Å².